The third kappa shape index (κ3) is 3.76. The van der Waals surface area contributed by atoms with Crippen LogP contribution in [-0.2, 0) is 14.8 Å². The van der Waals surface area contributed by atoms with Gasteiger partial charge in [0.15, 0.2) is 0 Å². The number of carbonyl (C=O) groups excluding carboxylic acids is 1. The van der Waals surface area contributed by atoms with Crippen molar-refractivity contribution in [1.82, 2.24) is 14.1 Å². The fraction of sp³-hybridized carbons (Fsp3) is 0.500. The highest BCUT2D eigenvalue weighted by atomic mass is 32.2. The number of piperazine rings is 1. The Labute approximate surface area is 147 Å². The highest BCUT2D eigenvalue weighted by Gasteiger charge is 2.32. The van der Waals surface area contributed by atoms with Gasteiger partial charge in [-0.25, -0.2) is 13.2 Å². The van der Waals surface area contributed by atoms with Gasteiger partial charge in [0.2, 0.25) is 10.0 Å². The summed E-state index contributed by atoms with van der Waals surface area (Å²) in [6.07, 6.45) is 0. The van der Waals surface area contributed by atoms with E-state index >= 15 is 0 Å². The minimum Gasteiger partial charge on any atom is -0.378 e. The highest BCUT2D eigenvalue weighted by molar-refractivity contribution is 7.89. The molecule has 0 N–H and O–H groups in total. The van der Waals surface area contributed by atoms with Gasteiger partial charge in [-0.3, -0.25) is 0 Å². The second-order valence-electron chi connectivity index (χ2n) is 5.91. The number of hydrogen-bond acceptors (Lipinski definition) is 5. The molecule has 0 radical (unpaired) electrons. The van der Waals surface area contributed by atoms with Gasteiger partial charge >= 0.3 is 6.03 Å². The Morgan fingerprint density at radius 1 is 1.04 bits per heavy atom. The summed E-state index contributed by atoms with van der Waals surface area (Å²) in [6.45, 7) is 3.41. The van der Waals surface area contributed by atoms with Gasteiger partial charge in [-0.15, -0.1) is 0 Å². The van der Waals surface area contributed by atoms with E-state index < -0.39 is 10.0 Å². The molecule has 134 valence electrons. The van der Waals surface area contributed by atoms with Crippen LogP contribution >= 0.6 is 0 Å². The van der Waals surface area contributed by atoms with E-state index in [4.69, 9.17) is 10.00 Å². The number of hydrogen-bond donors (Lipinski definition) is 0. The molecule has 0 spiro atoms. The van der Waals surface area contributed by atoms with Crippen molar-refractivity contribution in [2.45, 2.75) is 4.90 Å². The predicted octanol–water partition coefficient (Wildman–Crippen LogP) is 0.317. The summed E-state index contributed by atoms with van der Waals surface area (Å²) < 4.78 is 32.1. The molecule has 0 saturated carbocycles. The maximum atomic E-state index is 12.7. The van der Waals surface area contributed by atoms with Crippen molar-refractivity contribution in [3.05, 3.63) is 29.8 Å². The fourth-order valence-corrected chi connectivity index (χ4v) is 4.42. The minimum atomic E-state index is -3.66. The Balaban J connectivity index is 1.65. The standard InChI is InChI=1S/C16H20N4O4S/c17-13-14-2-1-3-15(12-14)25(22,23)20-6-4-18(5-7-20)16(21)19-8-10-24-11-9-19/h1-3,12H,4-11H2. The van der Waals surface area contributed by atoms with E-state index in [0.717, 1.165) is 0 Å². The average Bonchev–Trinajstić information content (AvgIpc) is 2.68. The monoisotopic (exact) mass is 364 g/mol. The van der Waals surface area contributed by atoms with Crippen LogP contribution in [0.15, 0.2) is 29.2 Å². The highest BCUT2D eigenvalue weighted by Crippen LogP contribution is 2.19. The number of morpholine rings is 1. The van der Waals surface area contributed by atoms with E-state index in [2.05, 4.69) is 0 Å². The second kappa shape index (κ2) is 7.39. The molecule has 2 saturated heterocycles. The van der Waals surface area contributed by atoms with Crippen LogP contribution in [0.4, 0.5) is 4.79 Å². The van der Waals surface area contributed by atoms with Gasteiger partial charge in [-0.2, -0.15) is 9.57 Å². The van der Waals surface area contributed by atoms with Gasteiger partial charge in [0, 0.05) is 39.3 Å². The van der Waals surface area contributed by atoms with Crippen molar-refractivity contribution in [2.75, 3.05) is 52.5 Å². The van der Waals surface area contributed by atoms with Gasteiger partial charge in [0.05, 0.1) is 29.7 Å². The first-order valence-electron chi connectivity index (χ1n) is 8.14. The molecule has 0 unspecified atom stereocenters. The van der Waals surface area contributed by atoms with Crippen molar-refractivity contribution in [3.8, 4) is 6.07 Å². The number of carbonyl (C=O) groups is 1. The maximum absolute atomic E-state index is 12.7. The second-order valence-corrected chi connectivity index (χ2v) is 7.85. The van der Waals surface area contributed by atoms with E-state index in [0.29, 0.717) is 45.0 Å². The van der Waals surface area contributed by atoms with Crippen molar-refractivity contribution in [2.24, 2.45) is 0 Å². The molecular weight excluding hydrogens is 344 g/mol. The van der Waals surface area contributed by atoms with Crippen LogP contribution in [0.25, 0.3) is 0 Å². The van der Waals surface area contributed by atoms with Gasteiger partial charge in [-0.05, 0) is 18.2 Å². The number of rotatable bonds is 2. The first kappa shape index (κ1) is 17.7. The molecule has 9 heteroatoms. The largest absolute Gasteiger partial charge is 0.378 e. The predicted molar refractivity (Wildman–Crippen MR) is 89.3 cm³/mol. The molecule has 1 aromatic rings. The lowest BCUT2D eigenvalue weighted by Gasteiger charge is -2.38. The van der Waals surface area contributed by atoms with Gasteiger partial charge < -0.3 is 14.5 Å². The summed E-state index contributed by atoms with van der Waals surface area (Å²) in [7, 11) is -3.66. The average molecular weight is 364 g/mol. The summed E-state index contributed by atoms with van der Waals surface area (Å²) in [5, 5.41) is 8.94. The number of nitrogens with zero attached hydrogens (tertiary/aromatic N) is 4. The van der Waals surface area contributed by atoms with Crippen molar-refractivity contribution >= 4 is 16.1 Å². The van der Waals surface area contributed by atoms with E-state index in [1.807, 2.05) is 6.07 Å². The zero-order valence-electron chi connectivity index (χ0n) is 13.8. The fourth-order valence-electron chi connectivity index (χ4n) is 2.95. The zero-order chi connectivity index (χ0) is 17.9. The number of amides is 2. The zero-order valence-corrected chi connectivity index (χ0v) is 14.6. The Kier molecular flexibility index (Phi) is 5.22. The third-order valence-electron chi connectivity index (χ3n) is 4.39. The van der Waals surface area contributed by atoms with E-state index in [1.165, 1.54) is 16.4 Å². The third-order valence-corrected chi connectivity index (χ3v) is 6.29. The van der Waals surface area contributed by atoms with E-state index in [9.17, 15) is 13.2 Å². The molecule has 2 heterocycles. The molecule has 0 atom stereocenters. The molecule has 2 fully saturated rings. The van der Waals surface area contributed by atoms with Crippen molar-refractivity contribution in [1.29, 1.82) is 5.26 Å². The first-order chi connectivity index (χ1) is 12.0. The van der Waals surface area contributed by atoms with Crippen LogP contribution < -0.4 is 0 Å². The normalized spacial score (nSPS) is 19.5. The van der Waals surface area contributed by atoms with Gasteiger partial charge in [-0.1, -0.05) is 6.07 Å². The molecule has 0 bridgehead atoms. The quantitative estimate of drug-likeness (QED) is 0.753. The van der Waals surface area contributed by atoms with Crippen LogP contribution in [-0.4, -0.2) is 81.0 Å². The Bertz CT molecular complexity index is 776. The molecule has 2 aliphatic heterocycles. The van der Waals surface area contributed by atoms with E-state index in [-0.39, 0.29) is 24.0 Å². The summed E-state index contributed by atoms with van der Waals surface area (Å²) in [6, 6.07) is 7.88. The smallest absolute Gasteiger partial charge is 0.320 e. The summed E-state index contributed by atoms with van der Waals surface area (Å²) in [4.78, 5) is 16.0. The number of benzene rings is 1. The molecular formula is C16H20N4O4S. The lowest BCUT2D eigenvalue weighted by Crippen LogP contribution is -2.55. The van der Waals surface area contributed by atoms with Crippen LogP contribution in [0, 0.1) is 11.3 Å². The summed E-state index contributed by atoms with van der Waals surface area (Å²) in [5.41, 5.74) is 0.308. The number of sulfonamides is 1. The lowest BCUT2D eigenvalue weighted by molar-refractivity contribution is 0.0405. The summed E-state index contributed by atoms with van der Waals surface area (Å²) >= 11 is 0. The molecule has 1 aromatic carbocycles. The lowest BCUT2D eigenvalue weighted by atomic mass is 10.2. The Morgan fingerprint density at radius 2 is 1.68 bits per heavy atom. The maximum Gasteiger partial charge on any atom is 0.320 e. The topological polar surface area (TPSA) is 93.9 Å². The van der Waals surface area contributed by atoms with Crippen LogP contribution in [0.5, 0.6) is 0 Å². The molecule has 2 amide bonds. The molecule has 3 rings (SSSR count). The van der Waals surface area contributed by atoms with Crippen molar-refractivity contribution < 1.29 is 17.9 Å². The number of nitriles is 1. The Morgan fingerprint density at radius 3 is 2.32 bits per heavy atom. The molecule has 0 aromatic heterocycles. The number of urea groups is 1. The van der Waals surface area contributed by atoms with Crippen LogP contribution in [0.1, 0.15) is 5.56 Å². The van der Waals surface area contributed by atoms with E-state index in [1.54, 1.807) is 21.9 Å². The summed E-state index contributed by atoms with van der Waals surface area (Å²) in [5.74, 6) is 0. The SMILES string of the molecule is N#Cc1cccc(S(=O)(=O)N2CCN(C(=O)N3CCOCC3)CC2)c1. The molecule has 25 heavy (non-hydrogen) atoms. The molecule has 8 nitrogen and oxygen atoms in total. The Hall–Kier alpha value is -2.15. The van der Waals surface area contributed by atoms with Crippen molar-refractivity contribution in [3.63, 3.8) is 0 Å². The minimum absolute atomic E-state index is 0.0631. The van der Waals surface area contributed by atoms with Crippen LogP contribution in [0.2, 0.25) is 0 Å². The van der Waals surface area contributed by atoms with Gasteiger partial charge in [0.25, 0.3) is 0 Å². The number of ether oxygens (including phenoxy) is 1. The molecule has 2 aliphatic rings. The molecule has 0 aliphatic carbocycles. The van der Waals surface area contributed by atoms with Crippen LogP contribution in [0.3, 0.4) is 0 Å². The first-order valence-corrected chi connectivity index (χ1v) is 9.58. The van der Waals surface area contributed by atoms with Gasteiger partial charge in [0.1, 0.15) is 0 Å².